The van der Waals surface area contributed by atoms with E-state index in [9.17, 15) is 0 Å². The molecular weight excluding hydrogens is 214 g/mol. The second-order valence-corrected chi connectivity index (χ2v) is 12.2. The highest BCUT2D eigenvalue weighted by Crippen LogP contribution is 2.26. The van der Waals surface area contributed by atoms with Crippen LogP contribution in [0.5, 0.6) is 0 Å². The molecular formula is C12H27NSi2. The van der Waals surface area contributed by atoms with Gasteiger partial charge in [0, 0.05) is 0 Å². The van der Waals surface area contributed by atoms with E-state index in [0.717, 1.165) is 0 Å². The van der Waals surface area contributed by atoms with Crippen LogP contribution in [0.1, 0.15) is 27.7 Å². The summed E-state index contributed by atoms with van der Waals surface area (Å²) in [5.41, 5.74) is 4.33. The molecule has 0 aliphatic rings. The predicted octanol–water partition coefficient (Wildman–Crippen LogP) is 3.49. The maximum Gasteiger partial charge on any atom is 0.153 e. The van der Waals surface area contributed by atoms with Gasteiger partial charge in [-0.1, -0.05) is 39.1 Å². The van der Waals surface area contributed by atoms with Crippen LogP contribution in [-0.4, -0.2) is 28.0 Å². The maximum absolute atomic E-state index is 3.99. The molecule has 0 rings (SSSR count). The van der Waals surface area contributed by atoms with Crippen molar-refractivity contribution in [2.24, 2.45) is 0 Å². The molecule has 15 heavy (non-hydrogen) atoms. The first kappa shape index (κ1) is 14.9. The Hall–Kier alpha value is -0.126. The Morgan fingerprint density at radius 1 is 1.00 bits per heavy atom. The first-order valence-electron chi connectivity index (χ1n) is 6.17. The van der Waals surface area contributed by atoms with Crippen LogP contribution in [0.15, 0.2) is 24.6 Å². The van der Waals surface area contributed by atoms with E-state index in [1.165, 1.54) is 24.7 Å². The topological polar surface area (TPSA) is 3.24 Å². The van der Waals surface area contributed by atoms with Crippen molar-refractivity contribution < 1.29 is 0 Å². The minimum atomic E-state index is -1.20. The van der Waals surface area contributed by atoms with Crippen LogP contribution in [0.25, 0.3) is 0 Å². The summed E-state index contributed by atoms with van der Waals surface area (Å²) in [5.74, 6) is 0. The molecule has 0 saturated carbocycles. The van der Waals surface area contributed by atoms with E-state index < -0.39 is 17.2 Å². The molecule has 0 atom stereocenters. The third-order valence-electron chi connectivity index (χ3n) is 3.77. The van der Waals surface area contributed by atoms with Gasteiger partial charge in [0.2, 0.25) is 0 Å². The fourth-order valence-electron chi connectivity index (χ4n) is 2.57. The second-order valence-electron chi connectivity index (χ2n) is 4.03. The summed E-state index contributed by atoms with van der Waals surface area (Å²) in [6.45, 7) is 18.5. The molecule has 0 spiro atoms. The number of hydrogen-bond donors (Lipinski definition) is 0. The third-order valence-corrected chi connectivity index (χ3v) is 13.8. The average Bonchev–Trinajstić information content (AvgIpc) is 2.30. The lowest BCUT2D eigenvalue weighted by Crippen LogP contribution is -2.57. The van der Waals surface area contributed by atoms with E-state index in [4.69, 9.17) is 0 Å². The van der Waals surface area contributed by atoms with Crippen molar-refractivity contribution in [2.75, 3.05) is 6.54 Å². The van der Waals surface area contributed by atoms with E-state index in [1.54, 1.807) is 0 Å². The van der Waals surface area contributed by atoms with Crippen molar-refractivity contribution in [3.05, 3.63) is 24.6 Å². The van der Waals surface area contributed by atoms with Gasteiger partial charge in [0.15, 0.2) is 8.96 Å². The van der Waals surface area contributed by atoms with E-state index in [-0.39, 0.29) is 0 Å². The zero-order valence-corrected chi connectivity index (χ0v) is 13.1. The van der Waals surface area contributed by atoms with Gasteiger partial charge in [0.1, 0.15) is 8.24 Å². The van der Waals surface area contributed by atoms with Crippen molar-refractivity contribution in [1.82, 2.24) is 4.23 Å². The summed E-state index contributed by atoms with van der Waals surface area (Å²) < 4.78 is 2.80. The molecule has 0 aliphatic heterocycles. The number of rotatable bonds is 8. The summed E-state index contributed by atoms with van der Waals surface area (Å²) in [4.78, 5) is 0. The van der Waals surface area contributed by atoms with Gasteiger partial charge in [-0.2, -0.15) is 0 Å². The maximum atomic E-state index is 3.99. The van der Waals surface area contributed by atoms with Crippen molar-refractivity contribution >= 4 is 17.2 Å². The van der Waals surface area contributed by atoms with Crippen LogP contribution >= 0.6 is 0 Å². The first-order valence-corrected chi connectivity index (χ1v) is 10.6. The monoisotopic (exact) mass is 241 g/mol. The molecule has 1 nitrogen and oxygen atoms in total. The largest absolute Gasteiger partial charge is 0.341 e. The molecule has 0 heterocycles. The minimum absolute atomic E-state index is 1.06. The molecule has 0 radical (unpaired) electrons. The molecule has 0 aliphatic carbocycles. The highest BCUT2D eigenvalue weighted by Gasteiger charge is 2.35. The summed E-state index contributed by atoms with van der Waals surface area (Å²) in [6.07, 6.45) is 0. The quantitative estimate of drug-likeness (QED) is 0.588. The molecule has 0 aromatic rings. The molecule has 0 amide bonds. The van der Waals surface area contributed by atoms with Crippen molar-refractivity contribution in [1.29, 1.82) is 0 Å². The van der Waals surface area contributed by atoms with Crippen LogP contribution in [-0.2, 0) is 0 Å². The van der Waals surface area contributed by atoms with E-state index in [1.807, 2.05) is 0 Å². The van der Waals surface area contributed by atoms with Crippen molar-refractivity contribution in [3.63, 3.8) is 0 Å². The lowest BCUT2D eigenvalue weighted by molar-refractivity contribution is 0.650. The fourth-order valence-corrected chi connectivity index (χ4v) is 11.9. The highest BCUT2D eigenvalue weighted by molar-refractivity contribution is 6.88. The highest BCUT2D eigenvalue weighted by atomic mass is 28.4. The Balaban J connectivity index is 5.02. The molecule has 0 unspecified atom stereocenters. The zero-order valence-electron chi connectivity index (χ0n) is 10.9. The van der Waals surface area contributed by atoms with Gasteiger partial charge in [0.05, 0.1) is 0 Å². The van der Waals surface area contributed by atoms with Gasteiger partial charge in [0.25, 0.3) is 0 Å². The van der Waals surface area contributed by atoms with Gasteiger partial charge < -0.3 is 4.23 Å². The van der Waals surface area contributed by atoms with Crippen molar-refractivity contribution in [3.8, 4) is 0 Å². The second kappa shape index (κ2) is 7.20. The molecule has 0 N–H and O–H groups in total. The summed E-state index contributed by atoms with van der Waals surface area (Å²) in [6, 6.07) is 4.08. The van der Waals surface area contributed by atoms with Crippen LogP contribution in [0.3, 0.4) is 0 Å². The third kappa shape index (κ3) is 3.16. The Morgan fingerprint density at radius 3 is 1.60 bits per heavy atom. The summed E-state index contributed by atoms with van der Waals surface area (Å²) >= 11 is 0. The Bertz CT molecular complexity index is 184. The normalized spacial score (nSPS) is 12.1. The first-order chi connectivity index (χ1) is 7.15. The van der Waals surface area contributed by atoms with Crippen LogP contribution in [0.2, 0.25) is 18.1 Å². The number of hydrogen-bond acceptors (Lipinski definition) is 1. The van der Waals surface area contributed by atoms with E-state index in [0.29, 0.717) is 0 Å². The fraction of sp³-hybridized carbons (Fsp3) is 0.667. The lowest BCUT2D eigenvalue weighted by Gasteiger charge is -2.43. The molecule has 0 aromatic heterocycles. The predicted molar refractivity (Wildman–Crippen MR) is 77.1 cm³/mol. The Kier molecular flexibility index (Phi) is 7.14. The molecule has 0 saturated heterocycles. The lowest BCUT2D eigenvalue weighted by atomic mass is 10.8. The van der Waals surface area contributed by atoms with E-state index in [2.05, 4.69) is 56.5 Å². The molecule has 3 heteroatoms. The standard InChI is InChI=1S/C12H27NSi2/c1-7-13(14(8-2)9-3)15(10-4,11-5)12-6/h8-9,14H,2-3,7,10-12H2,1,4-6H3. The van der Waals surface area contributed by atoms with Crippen molar-refractivity contribution in [2.45, 2.75) is 45.8 Å². The smallest absolute Gasteiger partial charge is 0.153 e. The molecule has 0 fully saturated rings. The Morgan fingerprint density at radius 2 is 1.40 bits per heavy atom. The molecule has 0 aromatic carbocycles. The van der Waals surface area contributed by atoms with Gasteiger partial charge in [-0.15, -0.1) is 13.2 Å². The Labute approximate surface area is 98.7 Å². The number of nitrogens with zero attached hydrogens (tertiary/aromatic N) is 1. The van der Waals surface area contributed by atoms with Crippen LogP contribution < -0.4 is 0 Å². The zero-order chi connectivity index (χ0) is 11.9. The van der Waals surface area contributed by atoms with Gasteiger partial charge in [-0.3, -0.25) is 0 Å². The minimum Gasteiger partial charge on any atom is -0.341 e. The molecule has 0 bridgehead atoms. The molecule has 88 valence electrons. The van der Waals surface area contributed by atoms with E-state index >= 15 is 0 Å². The van der Waals surface area contributed by atoms with Crippen LogP contribution in [0, 0.1) is 0 Å². The summed E-state index contributed by atoms with van der Waals surface area (Å²) in [7, 11) is -2.26. The van der Waals surface area contributed by atoms with Gasteiger partial charge >= 0.3 is 0 Å². The van der Waals surface area contributed by atoms with Gasteiger partial charge in [-0.25, -0.2) is 0 Å². The summed E-state index contributed by atoms with van der Waals surface area (Å²) in [5, 5.41) is 0. The SMILES string of the molecule is C=C[SiH](C=C)N(CC)[Si](CC)(CC)CC. The van der Waals surface area contributed by atoms with Crippen LogP contribution in [0.4, 0.5) is 0 Å². The van der Waals surface area contributed by atoms with Gasteiger partial charge in [-0.05, 0) is 24.7 Å². The average molecular weight is 242 g/mol.